The molecule has 0 bridgehead atoms. The summed E-state index contributed by atoms with van der Waals surface area (Å²) in [4.78, 5) is 28.7. The van der Waals surface area contributed by atoms with Gasteiger partial charge < -0.3 is 19.3 Å². The van der Waals surface area contributed by atoms with E-state index in [1.807, 2.05) is 18.3 Å². The molecule has 8 heteroatoms. The molecule has 0 aliphatic carbocycles. The zero-order valence-corrected chi connectivity index (χ0v) is 14.4. The average molecular weight is 343 g/mol. The van der Waals surface area contributed by atoms with Crippen molar-refractivity contribution in [3.05, 3.63) is 36.5 Å². The van der Waals surface area contributed by atoms with Gasteiger partial charge in [-0.15, -0.1) is 0 Å². The quantitative estimate of drug-likeness (QED) is 0.753. The standard InChI is InChI=1S/C17H21N5O3/c1-3-25-17(23)16-19-5-4-15(20-16)22-8-6-21(7-9-22)13-10-14(24-2)12-18-11-13/h4-5,10-12H,3,6-9H2,1-2H3. The molecule has 0 aromatic carbocycles. The van der Waals surface area contributed by atoms with Gasteiger partial charge in [-0.2, -0.15) is 0 Å². The van der Waals surface area contributed by atoms with Gasteiger partial charge in [-0.25, -0.2) is 14.8 Å². The Hall–Kier alpha value is -2.90. The topological polar surface area (TPSA) is 80.7 Å². The fourth-order valence-electron chi connectivity index (χ4n) is 2.70. The Labute approximate surface area is 146 Å². The Morgan fingerprint density at radius 1 is 1.20 bits per heavy atom. The van der Waals surface area contributed by atoms with Crippen LogP contribution in [0.4, 0.5) is 11.5 Å². The van der Waals surface area contributed by atoms with E-state index in [0.29, 0.717) is 6.61 Å². The van der Waals surface area contributed by atoms with E-state index in [1.54, 1.807) is 26.4 Å². The molecular formula is C17H21N5O3. The Balaban J connectivity index is 1.66. The van der Waals surface area contributed by atoms with Gasteiger partial charge in [0.05, 0.1) is 31.8 Å². The molecule has 0 N–H and O–H groups in total. The van der Waals surface area contributed by atoms with Crippen LogP contribution >= 0.6 is 0 Å². The Kier molecular flexibility index (Phi) is 5.27. The molecule has 132 valence electrons. The van der Waals surface area contributed by atoms with E-state index in [2.05, 4.69) is 24.8 Å². The van der Waals surface area contributed by atoms with Crippen LogP contribution in [0.1, 0.15) is 17.5 Å². The second kappa shape index (κ2) is 7.78. The first kappa shape index (κ1) is 16.9. The van der Waals surface area contributed by atoms with E-state index in [9.17, 15) is 4.79 Å². The summed E-state index contributed by atoms with van der Waals surface area (Å²) in [5.74, 6) is 1.08. The van der Waals surface area contributed by atoms with Crippen molar-refractivity contribution in [3.63, 3.8) is 0 Å². The van der Waals surface area contributed by atoms with Crippen molar-refractivity contribution in [2.75, 3.05) is 49.7 Å². The number of ether oxygens (including phenoxy) is 2. The van der Waals surface area contributed by atoms with Crippen LogP contribution in [0.25, 0.3) is 0 Å². The third-order valence-electron chi connectivity index (χ3n) is 4.00. The minimum Gasteiger partial charge on any atom is -0.495 e. The summed E-state index contributed by atoms with van der Waals surface area (Å²) in [6, 6.07) is 3.79. The first-order valence-electron chi connectivity index (χ1n) is 8.20. The molecule has 0 saturated carbocycles. The molecule has 2 aromatic heterocycles. The van der Waals surface area contributed by atoms with E-state index >= 15 is 0 Å². The molecule has 1 aliphatic heterocycles. The lowest BCUT2D eigenvalue weighted by Crippen LogP contribution is -2.47. The van der Waals surface area contributed by atoms with Crippen molar-refractivity contribution in [2.24, 2.45) is 0 Å². The molecule has 2 aromatic rings. The van der Waals surface area contributed by atoms with Gasteiger partial charge in [0.2, 0.25) is 5.82 Å². The van der Waals surface area contributed by atoms with Crippen molar-refractivity contribution < 1.29 is 14.3 Å². The number of methoxy groups -OCH3 is 1. The van der Waals surface area contributed by atoms with Gasteiger partial charge in [-0.05, 0) is 13.0 Å². The molecule has 3 rings (SSSR count). The fourth-order valence-corrected chi connectivity index (χ4v) is 2.70. The highest BCUT2D eigenvalue weighted by atomic mass is 16.5. The SMILES string of the molecule is CCOC(=O)c1nccc(N2CCN(c3cncc(OC)c3)CC2)n1. The Morgan fingerprint density at radius 2 is 1.96 bits per heavy atom. The molecule has 0 atom stereocenters. The van der Waals surface area contributed by atoms with Crippen LogP contribution in [0.3, 0.4) is 0 Å². The smallest absolute Gasteiger partial charge is 0.376 e. The monoisotopic (exact) mass is 343 g/mol. The normalized spacial score (nSPS) is 14.3. The summed E-state index contributed by atoms with van der Waals surface area (Å²) in [5.41, 5.74) is 1.04. The van der Waals surface area contributed by atoms with Crippen molar-refractivity contribution in [3.8, 4) is 5.75 Å². The first-order chi connectivity index (χ1) is 12.2. The first-order valence-corrected chi connectivity index (χ1v) is 8.20. The number of pyridine rings is 1. The van der Waals surface area contributed by atoms with Gasteiger partial charge in [0, 0.05) is 38.4 Å². The van der Waals surface area contributed by atoms with Crippen LogP contribution in [0.5, 0.6) is 5.75 Å². The van der Waals surface area contributed by atoms with Crippen molar-refractivity contribution in [1.29, 1.82) is 0 Å². The number of carbonyl (C=O) groups is 1. The maximum absolute atomic E-state index is 11.8. The van der Waals surface area contributed by atoms with Crippen LogP contribution in [-0.4, -0.2) is 60.8 Å². The zero-order chi connectivity index (χ0) is 17.6. The summed E-state index contributed by atoms with van der Waals surface area (Å²) in [6.07, 6.45) is 5.12. The number of aromatic nitrogens is 3. The van der Waals surface area contributed by atoms with Crippen LogP contribution in [-0.2, 0) is 4.74 Å². The molecule has 0 spiro atoms. The highest BCUT2D eigenvalue weighted by molar-refractivity contribution is 5.85. The van der Waals surface area contributed by atoms with Gasteiger partial charge in [0.15, 0.2) is 0 Å². The minimum atomic E-state index is -0.495. The van der Waals surface area contributed by atoms with Crippen LogP contribution in [0.2, 0.25) is 0 Å². The zero-order valence-electron chi connectivity index (χ0n) is 14.4. The molecular weight excluding hydrogens is 322 g/mol. The third-order valence-corrected chi connectivity index (χ3v) is 4.00. The lowest BCUT2D eigenvalue weighted by atomic mass is 10.2. The molecule has 1 saturated heterocycles. The number of piperazine rings is 1. The van der Waals surface area contributed by atoms with Gasteiger partial charge in [0.25, 0.3) is 0 Å². The minimum absolute atomic E-state index is 0.0961. The fraction of sp³-hybridized carbons (Fsp3) is 0.412. The molecule has 25 heavy (non-hydrogen) atoms. The lowest BCUT2D eigenvalue weighted by Gasteiger charge is -2.36. The van der Waals surface area contributed by atoms with Crippen LogP contribution in [0, 0.1) is 0 Å². The Morgan fingerprint density at radius 3 is 2.68 bits per heavy atom. The number of anilines is 2. The largest absolute Gasteiger partial charge is 0.495 e. The second-order valence-corrected chi connectivity index (χ2v) is 5.52. The summed E-state index contributed by atoms with van der Waals surface area (Å²) < 4.78 is 10.2. The summed E-state index contributed by atoms with van der Waals surface area (Å²) in [5, 5.41) is 0. The van der Waals surface area contributed by atoms with Crippen molar-refractivity contribution in [2.45, 2.75) is 6.92 Å². The maximum atomic E-state index is 11.8. The van der Waals surface area contributed by atoms with Gasteiger partial charge in [0.1, 0.15) is 11.6 Å². The number of nitrogens with zero attached hydrogens (tertiary/aromatic N) is 5. The second-order valence-electron chi connectivity index (χ2n) is 5.52. The number of rotatable bonds is 5. The van der Waals surface area contributed by atoms with Crippen LogP contribution in [0.15, 0.2) is 30.7 Å². The molecule has 0 radical (unpaired) electrons. The van der Waals surface area contributed by atoms with Gasteiger partial charge >= 0.3 is 5.97 Å². The average Bonchev–Trinajstić information content (AvgIpc) is 2.68. The van der Waals surface area contributed by atoms with E-state index < -0.39 is 5.97 Å². The highest BCUT2D eigenvalue weighted by Crippen LogP contribution is 2.22. The molecule has 0 unspecified atom stereocenters. The van der Waals surface area contributed by atoms with Gasteiger partial charge in [-0.1, -0.05) is 0 Å². The predicted molar refractivity (Wildman–Crippen MR) is 93.2 cm³/mol. The summed E-state index contributed by atoms with van der Waals surface area (Å²) in [7, 11) is 1.63. The number of hydrogen-bond acceptors (Lipinski definition) is 8. The molecule has 1 fully saturated rings. The number of carbonyl (C=O) groups excluding carboxylic acids is 1. The summed E-state index contributed by atoms with van der Waals surface area (Å²) >= 11 is 0. The lowest BCUT2D eigenvalue weighted by molar-refractivity contribution is 0.0512. The van der Waals surface area contributed by atoms with E-state index in [-0.39, 0.29) is 5.82 Å². The maximum Gasteiger partial charge on any atom is 0.376 e. The summed E-state index contributed by atoms with van der Waals surface area (Å²) in [6.45, 7) is 5.29. The number of esters is 1. The van der Waals surface area contributed by atoms with E-state index in [4.69, 9.17) is 9.47 Å². The van der Waals surface area contributed by atoms with Crippen molar-refractivity contribution >= 4 is 17.5 Å². The predicted octanol–water partition coefficient (Wildman–Crippen LogP) is 1.38. The molecule has 8 nitrogen and oxygen atoms in total. The van der Waals surface area contributed by atoms with Crippen LogP contribution < -0.4 is 14.5 Å². The van der Waals surface area contributed by atoms with E-state index in [0.717, 1.165) is 43.4 Å². The van der Waals surface area contributed by atoms with E-state index in [1.165, 1.54) is 0 Å². The molecule has 1 aliphatic rings. The highest BCUT2D eigenvalue weighted by Gasteiger charge is 2.20. The molecule has 3 heterocycles. The third kappa shape index (κ3) is 3.96. The van der Waals surface area contributed by atoms with Gasteiger partial charge in [-0.3, -0.25) is 4.98 Å². The molecule has 0 amide bonds. The van der Waals surface area contributed by atoms with Crippen molar-refractivity contribution in [1.82, 2.24) is 15.0 Å². The number of hydrogen-bond donors (Lipinski definition) is 0. The Bertz CT molecular complexity index is 732.